The zero-order chi connectivity index (χ0) is 15.2. The van der Waals surface area contributed by atoms with Crippen molar-refractivity contribution in [3.8, 4) is 11.5 Å². The van der Waals surface area contributed by atoms with Crippen LogP contribution in [0.4, 0.5) is 5.69 Å². The summed E-state index contributed by atoms with van der Waals surface area (Å²) in [4.78, 5) is 12.9. The van der Waals surface area contributed by atoms with Crippen LogP contribution in [0.1, 0.15) is 13.3 Å². The van der Waals surface area contributed by atoms with Crippen molar-refractivity contribution in [2.45, 2.75) is 19.4 Å². The summed E-state index contributed by atoms with van der Waals surface area (Å²) in [5.41, 5.74) is 0.852. The Labute approximate surface area is 124 Å². The first-order valence-electron chi connectivity index (χ1n) is 6.90. The van der Waals surface area contributed by atoms with E-state index in [2.05, 4.69) is 0 Å². The van der Waals surface area contributed by atoms with E-state index in [1.54, 1.807) is 11.9 Å². The highest BCUT2D eigenvalue weighted by Gasteiger charge is 2.20. The number of hydrogen-bond acceptors (Lipinski definition) is 3. The summed E-state index contributed by atoms with van der Waals surface area (Å²) in [6.45, 7) is 1.86. The van der Waals surface area contributed by atoms with E-state index >= 15 is 0 Å². The number of benzene rings is 2. The minimum absolute atomic E-state index is 0.522. The average molecular weight is 285 g/mol. The van der Waals surface area contributed by atoms with Crippen molar-refractivity contribution in [2.75, 3.05) is 11.9 Å². The number of rotatable bonds is 6. The lowest BCUT2D eigenvalue weighted by atomic mass is 10.1. The second-order valence-corrected chi connectivity index (χ2v) is 4.78. The highest BCUT2D eigenvalue weighted by atomic mass is 16.5. The molecule has 0 spiro atoms. The van der Waals surface area contributed by atoms with Crippen LogP contribution >= 0.6 is 0 Å². The minimum atomic E-state index is -0.815. The lowest BCUT2D eigenvalue weighted by molar-refractivity contribution is -0.138. The van der Waals surface area contributed by atoms with Gasteiger partial charge >= 0.3 is 5.97 Å². The van der Waals surface area contributed by atoms with Crippen molar-refractivity contribution in [3.05, 3.63) is 54.6 Å². The number of carbonyl (C=O) groups is 1. The minimum Gasteiger partial charge on any atom is -0.480 e. The van der Waals surface area contributed by atoms with Crippen molar-refractivity contribution in [1.82, 2.24) is 0 Å². The number of nitrogens with zero attached hydrogens (tertiary/aromatic N) is 1. The molecular weight excluding hydrogens is 266 g/mol. The molecule has 110 valence electrons. The highest BCUT2D eigenvalue weighted by Crippen LogP contribution is 2.25. The number of carboxylic acids is 1. The predicted octanol–water partition coefficient (Wildman–Crippen LogP) is 3.78. The molecule has 0 aliphatic carbocycles. The van der Waals surface area contributed by atoms with E-state index in [4.69, 9.17) is 4.74 Å². The molecule has 1 atom stereocenters. The first-order valence-corrected chi connectivity index (χ1v) is 6.90. The van der Waals surface area contributed by atoms with Crippen molar-refractivity contribution < 1.29 is 14.6 Å². The maximum absolute atomic E-state index is 11.2. The van der Waals surface area contributed by atoms with Crippen molar-refractivity contribution in [2.24, 2.45) is 0 Å². The van der Waals surface area contributed by atoms with Crippen molar-refractivity contribution >= 4 is 11.7 Å². The number of ether oxygens (including phenoxy) is 1. The molecule has 1 N–H and O–H groups in total. The average Bonchev–Trinajstić information content (AvgIpc) is 2.49. The topological polar surface area (TPSA) is 49.8 Å². The van der Waals surface area contributed by atoms with Gasteiger partial charge < -0.3 is 14.7 Å². The fourth-order valence-electron chi connectivity index (χ4n) is 2.17. The Balaban J connectivity index is 2.10. The summed E-state index contributed by atoms with van der Waals surface area (Å²) in [7, 11) is 1.79. The van der Waals surface area contributed by atoms with Gasteiger partial charge in [0, 0.05) is 12.7 Å². The second kappa shape index (κ2) is 6.79. The van der Waals surface area contributed by atoms with Gasteiger partial charge in [-0.1, -0.05) is 25.1 Å². The largest absolute Gasteiger partial charge is 0.480 e. The standard InChI is InChI=1S/C17H19NO3/c1-3-16(17(19)20)18(2)13-9-11-15(12-10-13)21-14-7-5-4-6-8-14/h4-12,16H,3H2,1-2H3,(H,19,20). The Bertz CT molecular complexity index is 581. The first-order chi connectivity index (χ1) is 10.1. The molecule has 0 amide bonds. The third-order valence-electron chi connectivity index (χ3n) is 3.36. The maximum Gasteiger partial charge on any atom is 0.326 e. The molecule has 0 saturated heterocycles. The van der Waals surface area contributed by atoms with Crippen LogP contribution in [0.15, 0.2) is 54.6 Å². The van der Waals surface area contributed by atoms with E-state index in [9.17, 15) is 9.90 Å². The van der Waals surface area contributed by atoms with E-state index < -0.39 is 12.0 Å². The number of likely N-dealkylation sites (N-methyl/N-ethyl adjacent to an activating group) is 1. The molecule has 0 aliphatic rings. The van der Waals surface area contributed by atoms with Crippen LogP contribution in [-0.4, -0.2) is 24.2 Å². The fraction of sp³-hybridized carbons (Fsp3) is 0.235. The molecule has 4 heteroatoms. The molecule has 1 unspecified atom stereocenters. The molecule has 0 fully saturated rings. The van der Waals surface area contributed by atoms with E-state index in [1.165, 1.54) is 0 Å². The van der Waals surface area contributed by atoms with Crippen LogP contribution in [0.2, 0.25) is 0 Å². The summed E-state index contributed by atoms with van der Waals surface area (Å²) >= 11 is 0. The summed E-state index contributed by atoms with van der Waals surface area (Å²) < 4.78 is 5.71. The Kier molecular flexibility index (Phi) is 4.82. The molecular formula is C17H19NO3. The summed E-state index contributed by atoms with van der Waals surface area (Å²) in [5, 5.41) is 9.19. The molecule has 2 aromatic carbocycles. The van der Waals surface area contributed by atoms with Gasteiger partial charge in [-0.15, -0.1) is 0 Å². The van der Waals surface area contributed by atoms with Gasteiger partial charge in [0.1, 0.15) is 17.5 Å². The van der Waals surface area contributed by atoms with E-state index in [1.807, 2.05) is 61.5 Å². The highest BCUT2D eigenvalue weighted by molar-refractivity contribution is 5.78. The van der Waals surface area contributed by atoms with Crippen LogP contribution in [0.3, 0.4) is 0 Å². The van der Waals surface area contributed by atoms with E-state index in [0.717, 1.165) is 17.2 Å². The third-order valence-corrected chi connectivity index (χ3v) is 3.36. The molecule has 0 aliphatic heterocycles. The molecule has 0 radical (unpaired) electrons. The van der Waals surface area contributed by atoms with Gasteiger partial charge in [0.2, 0.25) is 0 Å². The van der Waals surface area contributed by atoms with Gasteiger partial charge in [0.25, 0.3) is 0 Å². The normalized spacial score (nSPS) is 11.7. The quantitative estimate of drug-likeness (QED) is 0.877. The van der Waals surface area contributed by atoms with Crippen molar-refractivity contribution in [3.63, 3.8) is 0 Å². The van der Waals surface area contributed by atoms with E-state index in [0.29, 0.717) is 6.42 Å². The van der Waals surface area contributed by atoms with Gasteiger partial charge in [-0.05, 0) is 42.8 Å². The van der Waals surface area contributed by atoms with Gasteiger partial charge in [-0.3, -0.25) is 0 Å². The number of para-hydroxylation sites is 1. The summed E-state index contributed by atoms with van der Waals surface area (Å²) in [5.74, 6) is 0.682. The Hall–Kier alpha value is -2.49. The monoisotopic (exact) mass is 285 g/mol. The number of carboxylic acid groups (broad SMARTS) is 1. The molecule has 21 heavy (non-hydrogen) atoms. The first kappa shape index (κ1) is 14.9. The lowest BCUT2D eigenvalue weighted by Gasteiger charge is -2.25. The zero-order valence-electron chi connectivity index (χ0n) is 12.2. The van der Waals surface area contributed by atoms with E-state index in [-0.39, 0.29) is 0 Å². The van der Waals surface area contributed by atoms with Crippen LogP contribution in [-0.2, 0) is 4.79 Å². The smallest absolute Gasteiger partial charge is 0.326 e. The molecule has 0 saturated carbocycles. The lowest BCUT2D eigenvalue weighted by Crippen LogP contribution is -2.37. The van der Waals surface area contributed by atoms with Crippen LogP contribution in [0.25, 0.3) is 0 Å². The number of hydrogen-bond donors (Lipinski definition) is 1. The van der Waals surface area contributed by atoms with Gasteiger partial charge in [0.15, 0.2) is 0 Å². The zero-order valence-corrected chi connectivity index (χ0v) is 12.2. The molecule has 0 bridgehead atoms. The third kappa shape index (κ3) is 3.75. The van der Waals surface area contributed by atoms with Gasteiger partial charge in [-0.25, -0.2) is 4.79 Å². The van der Waals surface area contributed by atoms with Crippen LogP contribution in [0.5, 0.6) is 11.5 Å². The van der Waals surface area contributed by atoms with Gasteiger partial charge in [-0.2, -0.15) is 0 Å². The van der Waals surface area contributed by atoms with Crippen LogP contribution < -0.4 is 9.64 Å². The SMILES string of the molecule is CCC(C(=O)O)N(C)c1ccc(Oc2ccccc2)cc1. The predicted molar refractivity (Wildman–Crippen MR) is 83.1 cm³/mol. The Morgan fingerprint density at radius 1 is 1.10 bits per heavy atom. The number of anilines is 1. The Morgan fingerprint density at radius 2 is 1.67 bits per heavy atom. The molecule has 0 aromatic heterocycles. The molecule has 4 nitrogen and oxygen atoms in total. The molecule has 2 rings (SSSR count). The number of aliphatic carboxylic acids is 1. The molecule has 0 heterocycles. The Morgan fingerprint density at radius 3 is 2.19 bits per heavy atom. The fourth-order valence-corrected chi connectivity index (χ4v) is 2.17. The van der Waals surface area contributed by atoms with Gasteiger partial charge in [0.05, 0.1) is 0 Å². The summed E-state index contributed by atoms with van der Waals surface area (Å²) in [6, 6.07) is 16.4. The maximum atomic E-state index is 11.2. The second-order valence-electron chi connectivity index (χ2n) is 4.78. The van der Waals surface area contributed by atoms with Crippen molar-refractivity contribution in [1.29, 1.82) is 0 Å². The summed E-state index contributed by atoms with van der Waals surface area (Å²) in [6.07, 6.45) is 0.550. The van der Waals surface area contributed by atoms with Crippen LogP contribution in [0, 0.1) is 0 Å². The molecule has 2 aromatic rings.